The van der Waals surface area contributed by atoms with Gasteiger partial charge in [-0.3, -0.25) is 0 Å². The third kappa shape index (κ3) is 7.87. The summed E-state index contributed by atoms with van der Waals surface area (Å²) >= 11 is 0. The van der Waals surface area contributed by atoms with Gasteiger partial charge in [0.25, 0.3) is 0 Å². The fraction of sp³-hybridized carbons (Fsp3) is 0.346. The minimum atomic E-state index is -1.90. The summed E-state index contributed by atoms with van der Waals surface area (Å²) in [6, 6.07) is 23.9. The molecule has 2 heterocycles. The van der Waals surface area contributed by atoms with E-state index >= 15 is 8.78 Å². The molecule has 5 nitrogen and oxygen atoms in total. The Morgan fingerprint density at radius 2 is 1.00 bits per heavy atom. The molecular formula is C52H54F6N4O. The minimum absolute atomic E-state index is 0. The van der Waals surface area contributed by atoms with Gasteiger partial charge in [-0.15, -0.1) is 0 Å². The summed E-state index contributed by atoms with van der Waals surface area (Å²) in [5.74, 6) is -1.34. The van der Waals surface area contributed by atoms with Crippen LogP contribution >= 0.6 is 0 Å². The molecule has 2 saturated carbocycles. The second-order valence-electron chi connectivity index (χ2n) is 17.5. The van der Waals surface area contributed by atoms with Crippen molar-refractivity contribution < 1.29 is 31.4 Å². The summed E-state index contributed by atoms with van der Waals surface area (Å²) in [6.07, 6.45) is 11.1. The van der Waals surface area contributed by atoms with E-state index in [1.165, 1.54) is 60.7 Å². The van der Waals surface area contributed by atoms with Gasteiger partial charge in [0.1, 0.15) is 40.7 Å². The molecule has 0 saturated heterocycles. The van der Waals surface area contributed by atoms with Gasteiger partial charge in [-0.1, -0.05) is 64.1 Å². The largest absolute Gasteiger partial charge is 0.385 e. The predicted octanol–water partition coefficient (Wildman–Crippen LogP) is 13.2. The monoisotopic (exact) mass is 864 g/mol. The summed E-state index contributed by atoms with van der Waals surface area (Å²) in [5.41, 5.74) is 3.55. The predicted molar refractivity (Wildman–Crippen MR) is 237 cm³/mol. The molecule has 10 rings (SSSR count). The average molecular weight is 865 g/mol. The molecular weight excluding hydrogens is 811 g/mol. The number of fused-ring (bicyclic) bond motifs is 4. The SMILES string of the molecule is C.C.C[C@]12Cc3cnn(-c4ccc(F)cc4)c3C=C1CCC[C@]2(F)Cc1ccc(F)cc1.C[C@]12Cc3cnn(-c4ccc(F)cc4)c3C=C1CCC[C@]2(F)[C@H](O)c1ccc(F)cc1. The lowest BCUT2D eigenvalue weighted by Gasteiger charge is -2.52. The molecule has 6 aromatic rings. The molecule has 0 bridgehead atoms. The molecule has 4 aliphatic carbocycles. The smallest absolute Gasteiger partial charge is 0.150 e. The van der Waals surface area contributed by atoms with Crippen LogP contribution in [-0.2, 0) is 19.3 Å². The second kappa shape index (κ2) is 17.1. The zero-order valence-electron chi connectivity index (χ0n) is 34.0. The lowest BCUT2D eigenvalue weighted by molar-refractivity contribution is -0.101. The van der Waals surface area contributed by atoms with Crippen LogP contribution in [0, 0.1) is 34.1 Å². The molecule has 0 amide bonds. The third-order valence-electron chi connectivity index (χ3n) is 14.0. The second-order valence-corrected chi connectivity index (χ2v) is 17.5. The van der Waals surface area contributed by atoms with E-state index in [0.717, 1.165) is 69.9 Å². The van der Waals surface area contributed by atoms with Crippen LogP contribution in [0.25, 0.3) is 23.5 Å². The van der Waals surface area contributed by atoms with Gasteiger partial charge in [-0.05, 0) is 159 Å². The zero-order valence-corrected chi connectivity index (χ0v) is 34.0. The van der Waals surface area contributed by atoms with Gasteiger partial charge in [0.15, 0.2) is 0 Å². The van der Waals surface area contributed by atoms with E-state index < -0.39 is 34.1 Å². The van der Waals surface area contributed by atoms with Crippen molar-refractivity contribution in [2.75, 3.05) is 0 Å². The number of rotatable bonds is 6. The first-order valence-corrected chi connectivity index (χ1v) is 20.8. The molecule has 63 heavy (non-hydrogen) atoms. The van der Waals surface area contributed by atoms with Crippen molar-refractivity contribution >= 4 is 12.2 Å². The Morgan fingerprint density at radius 3 is 1.49 bits per heavy atom. The molecule has 330 valence electrons. The molecule has 0 radical (unpaired) electrons. The van der Waals surface area contributed by atoms with E-state index in [2.05, 4.69) is 16.3 Å². The van der Waals surface area contributed by atoms with Crippen molar-refractivity contribution in [3.8, 4) is 11.4 Å². The highest BCUT2D eigenvalue weighted by Gasteiger charge is 2.59. The van der Waals surface area contributed by atoms with Gasteiger partial charge < -0.3 is 5.11 Å². The van der Waals surface area contributed by atoms with E-state index in [9.17, 15) is 22.7 Å². The third-order valence-corrected chi connectivity index (χ3v) is 14.0. The van der Waals surface area contributed by atoms with Gasteiger partial charge in [0.05, 0.1) is 35.2 Å². The number of hydrogen-bond acceptors (Lipinski definition) is 3. The number of alkyl halides is 2. The van der Waals surface area contributed by atoms with Crippen LogP contribution in [0.1, 0.15) is 107 Å². The lowest BCUT2D eigenvalue weighted by Crippen LogP contribution is -2.53. The molecule has 4 aromatic carbocycles. The Kier molecular flexibility index (Phi) is 12.3. The fourth-order valence-electron chi connectivity index (χ4n) is 10.3. The molecule has 2 aromatic heterocycles. The minimum Gasteiger partial charge on any atom is -0.385 e. The quantitative estimate of drug-likeness (QED) is 0.170. The normalized spacial score (nSPS) is 24.9. The number of aliphatic hydroxyl groups is 1. The maximum Gasteiger partial charge on any atom is 0.150 e. The molecule has 0 spiro atoms. The van der Waals surface area contributed by atoms with Crippen LogP contribution in [0.4, 0.5) is 26.3 Å². The molecule has 0 aliphatic heterocycles. The summed E-state index contributed by atoms with van der Waals surface area (Å²) in [5, 5.41) is 20.1. The lowest BCUT2D eigenvalue weighted by atomic mass is 9.56. The Balaban J connectivity index is 0.000000183. The Bertz CT molecular complexity index is 2630. The number of aromatic nitrogens is 4. The highest BCUT2D eigenvalue weighted by molar-refractivity contribution is 5.63. The summed E-state index contributed by atoms with van der Waals surface area (Å²) in [4.78, 5) is 0. The van der Waals surface area contributed by atoms with Crippen molar-refractivity contribution in [1.29, 1.82) is 0 Å². The van der Waals surface area contributed by atoms with Gasteiger partial charge in [-0.2, -0.15) is 10.2 Å². The maximum atomic E-state index is 16.7. The Hall–Kier alpha value is -5.68. The fourth-order valence-corrected chi connectivity index (χ4v) is 10.3. The van der Waals surface area contributed by atoms with Gasteiger partial charge in [-0.25, -0.2) is 35.7 Å². The standard InChI is InChI=1S/C25H23F3N2O.C25H23F3N2.2CH4/c1-24-14-17-15-29-30(21-10-8-20(27)9-11-21)22(17)13-18(24)3-2-12-25(24,28)23(31)16-4-6-19(26)7-5-16;1-24-15-18-16-29-30(22-10-8-21(27)9-11-22)23(18)13-19(24)3-2-12-25(24,28)14-17-4-6-20(26)7-5-17;;/h4-11,13,15,23,31H,2-3,12,14H2,1H3;4-11,13,16H,2-3,12,14-15H2,1H3;2*1H4/t23-,24+,25+;24-,25-;;/m10../s1. The Labute approximate surface area is 365 Å². The average Bonchev–Trinajstić information content (AvgIpc) is 3.85. The van der Waals surface area contributed by atoms with Crippen molar-refractivity contribution in [2.45, 2.75) is 104 Å². The van der Waals surface area contributed by atoms with E-state index in [1.807, 2.05) is 19.9 Å². The number of benzene rings is 4. The van der Waals surface area contributed by atoms with Crippen molar-refractivity contribution in [3.63, 3.8) is 0 Å². The number of aliphatic hydroxyl groups excluding tert-OH is 1. The molecule has 4 aliphatic rings. The number of hydrogen-bond donors (Lipinski definition) is 1. The molecule has 0 unspecified atom stereocenters. The number of allylic oxidation sites excluding steroid dienone is 2. The van der Waals surface area contributed by atoms with Gasteiger partial charge in [0, 0.05) is 17.3 Å². The first-order chi connectivity index (χ1) is 29.2. The van der Waals surface area contributed by atoms with Gasteiger partial charge in [0.2, 0.25) is 0 Å². The molecule has 5 atom stereocenters. The molecule has 2 fully saturated rings. The molecule has 1 N–H and O–H groups in total. The number of halogens is 6. The summed E-state index contributed by atoms with van der Waals surface area (Å²) < 4.78 is 90.1. The van der Waals surface area contributed by atoms with E-state index in [0.29, 0.717) is 31.2 Å². The topological polar surface area (TPSA) is 55.9 Å². The first kappa shape index (κ1) is 45.3. The Morgan fingerprint density at radius 1 is 0.587 bits per heavy atom. The number of nitrogens with zero attached hydrogens (tertiary/aromatic N) is 4. The van der Waals surface area contributed by atoms with E-state index in [-0.39, 0.29) is 45.1 Å². The van der Waals surface area contributed by atoms with Gasteiger partial charge >= 0.3 is 0 Å². The summed E-state index contributed by atoms with van der Waals surface area (Å²) in [6.45, 7) is 3.88. The van der Waals surface area contributed by atoms with E-state index in [1.54, 1.807) is 58.2 Å². The summed E-state index contributed by atoms with van der Waals surface area (Å²) in [7, 11) is 0. The van der Waals surface area contributed by atoms with Crippen LogP contribution in [-0.4, -0.2) is 36.0 Å². The highest BCUT2D eigenvalue weighted by atomic mass is 19.2. The van der Waals surface area contributed by atoms with Crippen molar-refractivity contribution in [2.24, 2.45) is 10.8 Å². The molecule has 11 heteroatoms. The van der Waals surface area contributed by atoms with E-state index in [4.69, 9.17) is 0 Å². The highest BCUT2D eigenvalue weighted by Crippen LogP contribution is 2.60. The van der Waals surface area contributed by atoms with Crippen LogP contribution < -0.4 is 0 Å². The van der Waals surface area contributed by atoms with Crippen LogP contribution in [0.5, 0.6) is 0 Å². The van der Waals surface area contributed by atoms with Crippen LogP contribution in [0.2, 0.25) is 0 Å². The first-order valence-electron chi connectivity index (χ1n) is 20.8. The van der Waals surface area contributed by atoms with Crippen LogP contribution in [0.3, 0.4) is 0 Å². The van der Waals surface area contributed by atoms with Crippen LogP contribution in [0.15, 0.2) is 121 Å². The maximum absolute atomic E-state index is 16.7. The zero-order chi connectivity index (χ0) is 42.7. The van der Waals surface area contributed by atoms with Crippen molar-refractivity contribution in [1.82, 2.24) is 19.6 Å². The van der Waals surface area contributed by atoms with Crippen molar-refractivity contribution in [3.05, 3.63) is 178 Å².